The Bertz CT molecular complexity index is 1230. The zero-order valence-electron chi connectivity index (χ0n) is 17.6. The standard InChI is InChI=1S/C26H22N2O4/c1-31-21-8-5-17(6-9-21)25(29)27-20-4-2-3-16(11-20)12-23-22-10-7-18(19-14-32-15-19)13-24(22)28-26(23)30/h2-13,19H,14-15H2,1H3,(H,27,29)(H,28,30)/b23-12-. The fourth-order valence-electron chi connectivity index (χ4n) is 3.86. The maximum atomic E-state index is 12.6. The Kier molecular flexibility index (Phi) is 5.21. The second-order valence-corrected chi connectivity index (χ2v) is 7.86. The van der Waals surface area contributed by atoms with Crippen molar-refractivity contribution in [2.45, 2.75) is 5.92 Å². The zero-order chi connectivity index (χ0) is 22.1. The highest BCUT2D eigenvalue weighted by Gasteiger charge is 2.27. The van der Waals surface area contributed by atoms with Crippen LogP contribution in [0.15, 0.2) is 66.7 Å². The molecule has 0 saturated carbocycles. The Labute approximate surface area is 185 Å². The normalized spacial score (nSPS) is 16.3. The maximum absolute atomic E-state index is 12.6. The number of carbonyl (C=O) groups is 2. The summed E-state index contributed by atoms with van der Waals surface area (Å²) in [5.74, 6) is 0.748. The van der Waals surface area contributed by atoms with Gasteiger partial charge < -0.3 is 20.1 Å². The van der Waals surface area contributed by atoms with E-state index in [0.29, 0.717) is 28.5 Å². The molecule has 32 heavy (non-hydrogen) atoms. The van der Waals surface area contributed by atoms with Crippen molar-refractivity contribution in [3.8, 4) is 5.75 Å². The van der Waals surface area contributed by atoms with Gasteiger partial charge in [-0.2, -0.15) is 0 Å². The van der Waals surface area contributed by atoms with Crippen LogP contribution in [0.5, 0.6) is 5.75 Å². The molecule has 1 saturated heterocycles. The Morgan fingerprint density at radius 2 is 1.91 bits per heavy atom. The fraction of sp³-hybridized carbons (Fsp3) is 0.154. The lowest BCUT2D eigenvalue weighted by atomic mass is 9.94. The highest BCUT2D eigenvalue weighted by atomic mass is 16.5. The lowest BCUT2D eigenvalue weighted by molar-refractivity contribution is -0.110. The van der Waals surface area contributed by atoms with Crippen molar-refractivity contribution in [3.05, 3.63) is 89.0 Å². The van der Waals surface area contributed by atoms with Crippen LogP contribution >= 0.6 is 0 Å². The van der Waals surface area contributed by atoms with Gasteiger partial charge in [-0.3, -0.25) is 9.59 Å². The molecule has 2 amide bonds. The predicted molar refractivity (Wildman–Crippen MR) is 124 cm³/mol. The van der Waals surface area contributed by atoms with Crippen LogP contribution < -0.4 is 15.4 Å². The van der Waals surface area contributed by atoms with Crippen molar-refractivity contribution >= 4 is 34.8 Å². The summed E-state index contributed by atoms with van der Waals surface area (Å²) in [7, 11) is 1.58. The number of hydrogen-bond acceptors (Lipinski definition) is 4. The van der Waals surface area contributed by atoms with Gasteiger partial charge >= 0.3 is 0 Å². The zero-order valence-corrected chi connectivity index (χ0v) is 17.6. The molecule has 2 heterocycles. The van der Waals surface area contributed by atoms with Crippen LogP contribution in [0.25, 0.3) is 11.6 Å². The molecular weight excluding hydrogens is 404 g/mol. The van der Waals surface area contributed by atoms with Crippen LogP contribution in [0.3, 0.4) is 0 Å². The third-order valence-corrected chi connectivity index (χ3v) is 5.74. The monoisotopic (exact) mass is 426 g/mol. The lowest BCUT2D eigenvalue weighted by Crippen LogP contribution is -2.25. The molecule has 2 aliphatic rings. The first kappa shape index (κ1) is 20.0. The number of rotatable bonds is 5. The summed E-state index contributed by atoms with van der Waals surface area (Å²) in [6.07, 6.45) is 1.84. The summed E-state index contributed by atoms with van der Waals surface area (Å²) >= 11 is 0. The number of benzene rings is 3. The largest absolute Gasteiger partial charge is 0.497 e. The van der Waals surface area contributed by atoms with Crippen molar-refractivity contribution in [1.29, 1.82) is 0 Å². The SMILES string of the molecule is COc1ccc(C(=O)Nc2cccc(/C=C3\C(=O)Nc4cc(C5COC5)ccc43)c2)cc1. The second-order valence-electron chi connectivity index (χ2n) is 7.86. The minimum atomic E-state index is -0.214. The third-order valence-electron chi connectivity index (χ3n) is 5.74. The molecule has 0 aliphatic carbocycles. The Morgan fingerprint density at radius 3 is 2.62 bits per heavy atom. The van der Waals surface area contributed by atoms with Gasteiger partial charge in [0.05, 0.1) is 20.3 Å². The number of ether oxygens (including phenoxy) is 2. The first-order valence-electron chi connectivity index (χ1n) is 10.4. The highest BCUT2D eigenvalue weighted by molar-refractivity contribution is 6.35. The van der Waals surface area contributed by atoms with Crippen LogP contribution in [0.1, 0.15) is 33.0 Å². The third kappa shape index (κ3) is 3.88. The summed E-state index contributed by atoms with van der Waals surface area (Å²) in [5, 5.41) is 5.86. The van der Waals surface area contributed by atoms with E-state index in [4.69, 9.17) is 9.47 Å². The first-order chi connectivity index (χ1) is 15.6. The van der Waals surface area contributed by atoms with Crippen molar-refractivity contribution in [3.63, 3.8) is 0 Å². The summed E-state index contributed by atoms with van der Waals surface area (Å²) < 4.78 is 10.4. The highest BCUT2D eigenvalue weighted by Crippen LogP contribution is 2.36. The van der Waals surface area contributed by atoms with Gasteiger partial charge in [-0.25, -0.2) is 0 Å². The van der Waals surface area contributed by atoms with Crippen LogP contribution in [0.2, 0.25) is 0 Å². The van der Waals surface area contributed by atoms with E-state index >= 15 is 0 Å². The molecule has 3 aromatic rings. The van der Waals surface area contributed by atoms with Crippen molar-refractivity contribution in [1.82, 2.24) is 0 Å². The molecule has 2 N–H and O–H groups in total. The number of fused-ring (bicyclic) bond motifs is 1. The molecule has 0 aromatic heterocycles. The van der Waals surface area contributed by atoms with Gasteiger partial charge in [0.1, 0.15) is 5.75 Å². The molecule has 0 radical (unpaired) electrons. The van der Waals surface area contributed by atoms with Crippen LogP contribution in [-0.4, -0.2) is 32.1 Å². The van der Waals surface area contributed by atoms with E-state index in [1.807, 2.05) is 42.5 Å². The topological polar surface area (TPSA) is 76.7 Å². The smallest absolute Gasteiger partial charge is 0.256 e. The van der Waals surface area contributed by atoms with E-state index in [0.717, 1.165) is 30.0 Å². The van der Waals surface area contributed by atoms with E-state index in [1.165, 1.54) is 5.56 Å². The Balaban J connectivity index is 1.36. The number of nitrogens with one attached hydrogen (secondary N) is 2. The molecule has 160 valence electrons. The minimum Gasteiger partial charge on any atom is -0.497 e. The van der Waals surface area contributed by atoms with E-state index in [2.05, 4.69) is 16.7 Å². The van der Waals surface area contributed by atoms with Crippen LogP contribution in [-0.2, 0) is 9.53 Å². The molecule has 6 heteroatoms. The summed E-state index contributed by atoms with van der Waals surface area (Å²) in [6, 6.07) is 20.4. The second kappa shape index (κ2) is 8.32. The number of methoxy groups -OCH3 is 1. The molecular formula is C26H22N2O4. The molecule has 5 rings (SSSR count). The predicted octanol–water partition coefficient (Wildman–Crippen LogP) is 4.55. The maximum Gasteiger partial charge on any atom is 0.256 e. The van der Waals surface area contributed by atoms with Crippen molar-refractivity contribution in [2.24, 2.45) is 0 Å². The van der Waals surface area contributed by atoms with E-state index in [-0.39, 0.29) is 11.8 Å². The summed E-state index contributed by atoms with van der Waals surface area (Å²) in [5.41, 5.74) is 5.51. The summed E-state index contributed by atoms with van der Waals surface area (Å²) in [6.45, 7) is 1.45. The molecule has 6 nitrogen and oxygen atoms in total. The van der Waals surface area contributed by atoms with Crippen molar-refractivity contribution in [2.75, 3.05) is 31.0 Å². The molecule has 0 spiro atoms. The van der Waals surface area contributed by atoms with Gasteiger partial charge in [0.25, 0.3) is 11.8 Å². The number of hydrogen-bond donors (Lipinski definition) is 2. The lowest BCUT2D eigenvalue weighted by Gasteiger charge is -2.26. The van der Waals surface area contributed by atoms with Gasteiger partial charge in [0.15, 0.2) is 0 Å². The average Bonchev–Trinajstić information content (AvgIpc) is 3.07. The summed E-state index contributed by atoms with van der Waals surface area (Å²) in [4.78, 5) is 25.2. The van der Waals surface area contributed by atoms with Crippen LogP contribution in [0.4, 0.5) is 11.4 Å². The molecule has 1 fully saturated rings. The number of carbonyl (C=O) groups excluding carboxylic acids is 2. The van der Waals surface area contributed by atoms with Gasteiger partial charge in [0.2, 0.25) is 0 Å². The van der Waals surface area contributed by atoms with Crippen molar-refractivity contribution < 1.29 is 19.1 Å². The van der Waals surface area contributed by atoms with Gasteiger partial charge in [0, 0.05) is 34.0 Å². The molecule has 3 aromatic carbocycles. The minimum absolute atomic E-state index is 0.130. The Hall–Kier alpha value is -3.90. The Morgan fingerprint density at radius 1 is 1.09 bits per heavy atom. The molecule has 0 bridgehead atoms. The first-order valence-corrected chi connectivity index (χ1v) is 10.4. The molecule has 0 atom stereocenters. The van der Waals surface area contributed by atoms with Gasteiger partial charge in [-0.1, -0.05) is 24.3 Å². The number of anilines is 2. The number of amides is 2. The molecule has 2 aliphatic heterocycles. The van der Waals surface area contributed by atoms with Gasteiger partial charge in [-0.15, -0.1) is 0 Å². The van der Waals surface area contributed by atoms with Gasteiger partial charge in [-0.05, 0) is 59.7 Å². The van der Waals surface area contributed by atoms with E-state index in [1.54, 1.807) is 31.4 Å². The average molecular weight is 426 g/mol. The fourth-order valence-corrected chi connectivity index (χ4v) is 3.86. The quantitative estimate of drug-likeness (QED) is 0.587. The van der Waals surface area contributed by atoms with E-state index < -0.39 is 0 Å². The van der Waals surface area contributed by atoms with Crippen LogP contribution in [0, 0.1) is 0 Å². The van der Waals surface area contributed by atoms with E-state index in [9.17, 15) is 9.59 Å². The molecule has 0 unspecified atom stereocenters.